The molecule has 21 heavy (non-hydrogen) atoms. The number of benzene rings is 1. The third-order valence-electron chi connectivity index (χ3n) is 4.41. The molecule has 0 saturated heterocycles. The van der Waals surface area contributed by atoms with Crippen molar-refractivity contribution in [1.29, 1.82) is 5.26 Å². The van der Waals surface area contributed by atoms with Gasteiger partial charge in [-0.25, -0.2) is 0 Å². The summed E-state index contributed by atoms with van der Waals surface area (Å²) in [4.78, 5) is 4.56. The molecule has 0 bridgehead atoms. The first-order valence-electron chi connectivity index (χ1n) is 7.60. The normalized spacial score (nSPS) is 21.3. The number of nitrogens with zero attached hydrogens (tertiary/aromatic N) is 3. The van der Waals surface area contributed by atoms with Crippen LogP contribution in [0.15, 0.2) is 28.8 Å². The first kappa shape index (κ1) is 13.8. The van der Waals surface area contributed by atoms with E-state index in [0.717, 1.165) is 17.3 Å². The molecule has 0 amide bonds. The highest BCUT2D eigenvalue weighted by Gasteiger charge is 2.28. The van der Waals surface area contributed by atoms with Crippen molar-refractivity contribution >= 4 is 0 Å². The van der Waals surface area contributed by atoms with E-state index in [0.29, 0.717) is 23.8 Å². The molecule has 0 radical (unpaired) electrons. The molecule has 1 aromatic heterocycles. The Labute approximate surface area is 124 Å². The molecule has 0 N–H and O–H groups in total. The summed E-state index contributed by atoms with van der Waals surface area (Å²) in [5, 5.41) is 13.0. The summed E-state index contributed by atoms with van der Waals surface area (Å²) in [5.74, 6) is 2.81. The van der Waals surface area contributed by atoms with Gasteiger partial charge in [0.05, 0.1) is 18.1 Å². The van der Waals surface area contributed by atoms with Crippen LogP contribution in [0.5, 0.6) is 0 Å². The van der Waals surface area contributed by atoms with E-state index in [1.165, 1.54) is 25.7 Å². The Hall–Kier alpha value is -2.15. The summed E-state index contributed by atoms with van der Waals surface area (Å²) >= 11 is 0. The van der Waals surface area contributed by atoms with Crippen LogP contribution >= 0.6 is 0 Å². The Morgan fingerprint density at radius 2 is 2.10 bits per heavy atom. The second-order valence-corrected chi connectivity index (χ2v) is 5.82. The van der Waals surface area contributed by atoms with Crippen LogP contribution in [0, 0.1) is 17.2 Å². The molecule has 4 heteroatoms. The fourth-order valence-electron chi connectivity index (χ4n) is 3.06. The molecular formula is C17H19N3O. The maximum absolute atomic E-state index is 8.79. The molecule has 0 spiro atoms. The van der Waals surface area contributed by atoms with E-state index >= 15 is 0 Å². The van der Waals surface area contributed by atoms with Gasteiger partial charge in [-0.05, 0) is 42.9 Å². The molecule has 3 rings (SSSR count). The van der Waals surface area contributed by atoms with Gasteiger partial charge in [0.1, 0.15) is 0 Å². The number of hydrogen-bond donors (Lipinski definition) is 0. The van der Waals surface area contributed by atoms with Crippen molar-refractivity contribution in [1.82, 2.24) is 10.1 Å². The molecule has 108 valence electrons. The van der Waals surface area contributed by atoms with Crippen molar-refractivity contribution in [3.63, 3.8) is 0 Å². The lowest BCUT2D eigenvalue weighted by atomic mass is 10.0. The van der Waals surface area contributed by atoms with E-state index in [4.69, 9.17) is 9.78 Å². The van der Waals surface area contributed by atoms with Gasteiger partial charge in [0.25, 0.3) is 0 Å². The molecule has 1 saturated carbocycles. The SMILES string of the molecule is CCC1CCC(c2noc(Cc3ccc(C#N)cc3)n2)C1. The second-order valence-electron chi connectivity index (χ2n) is 5.82. The van der Waals surface area contributed by atoms with Gasteiger partial charge < -0.3 is 4.52 Å². The van der Waals surface area contributed by atoms with Crippen molar-refractivity contribution in [3.8, 4) is 6.07 Å². The summed E-state index contributed by atoms with van der Waals surface area (Å²) in [6, 6.07) is 9.62. The van der Waals surface area contributed by atoms with Crippen LogP contribution in [-0.2, 0) is 6.42 Å². The lowest BCUT2D eigenvalue weighted by molar-refractivity contribution is 0.374. The molecule has 1 aliphatic carbocycles. The highest BCUT2D eigenvalue weighted by molar-refractivity contribution is 5.32. The molecule has 2 atom stereocenters. The molecule has 2 unspecified atom stereocenters. The summed E-state index contributed by atoms with van der Waals surface area (Å²) in [6.45, 7) is 2.25. The number of nitriles is 1. The first-order chi connectivity index (χ1) is 10.3. The van der Waals surface area contributed by atoms with E-state index in [-0.39, 0.29) is 0 Å². The van der Waals surface area contributed by atoms with Gasteiger partial charge in [0.2, 0.25) is 5.89 Å². The first-order valence-corrected chi connectivity index (χ1v) is 7.60. The van der Waals surface area contributed by atoms with Crippen LogP contribution in [0.1, 0.15) is 61.4 Å². The summed E-state index contributed by atoms with van der Waals surface area (Å²) in [7, 11) is 0. The number of rotatable bonds is 4. The predicted octanol–water partition coefficient (Wildman–Crippen LogP) is 3.83. The average Bonchev–Trinajstić information content (AvgIpc) is 3.16. The van der Waals surface area contributed by atoms with Gasteiger partial charge in [-0.15, -0.1) is 0 Å². The van der Waals surface area contributed by atoms with E-state index in [9.17, 15) is 0 Å². The number of aromatic nitrogens is 2. The standard InChI is InChI=1S/C17H19N3O/c1-2-12-7-8-15(9-12)17-19-16(21-20-17)10-13-3-5-14(11-18)6-4-13/h3-6,12,15H,2,7-10H2,1H3. The third kappa shape index (κ3) is 3.13. The number of hydrogen-bond acceptors (Lipinski definition) is 4. The lowest BCUT2D eigenvalue weighted by Gasteiger charge is -2.04. The molecule has 1 aliphatic rings. The minimum absolute atomic E-state index is 0.466. The molecular weight excluding hydrogens is 262 g/mol. The van der Waals surface area contributed by atoms with Crippen molar-refractivity contribution in [2.45, 2.75) is 44.9 Å². The highest BCUT2D eigenvalue weighted by Crippen LogP contribution is 2.38. The van der Waals surface area contributed by atoms with Crippen LogP contribution in [0.2, 0.25) is 0 Å². The summed E-state index contributed by atoms with van der Waals surface area (Å²) in [5.41, 5.74) is 1.75. The maximum atomic E-state index is 8.79. The minimum Gasteiger partial charge on any atom is -0.339 e. The van der Waals surface area contributed by atoms with Crippen LogP contribution in [-0.4, -0.2) is 10.1 Å². The quantitative estimate of drug-likeness (QED) is 0.854. The van der Waals surface area contributed by atoms with Crippen molar-refractivity contribution in [2.24, 2.45) is 5.92 Å². The second kappa shape index (κ2) is 6.09. The van der Waals surface area contributed by atoms with Gasteiger partial charge in [0, 0.05) is 5.92 Å². The van der Waals surface area contributed by atoms with E-state index in [1.54, 1.807) is 0 Å². The van der Waals surface area contributed by atoms with Gasteiger partial charge in [-0.3, -0.25) is 0 Å². The largest absolute Gasteiger partial charge is 0.339 e. The monoisotopic (exact) mass is 281 g/mol. The molecule has 4 nitrogen and oxygen atoms in total. The Kier molecular flexibility index (Phi) is 4.01. The Morgan fingerprint density at radius 3 is 2.76 bits per heavy atom. The Balaban J connectivity index is 1.66. The zero-order chi connectivity index (χ0) is 14.7. The predicted molar refractivity (Wildman–Crippen MR) is 78.6 cm³/mol. The Bertz CT molecular complexity index is 639. The van der Waals surface area contributed by atoms with Gasteiger partial charge in [-0.1, -0.05) is 30.6 Å². The van der Waals surface area contributed by atoms with Crippen molar-refractivity contribution in [2.75, 3.05) is 0 Å². The minimum atomic E-state index is 0.466. The fourth-order valence-corrected chi connectivity index (χ4v) is 3.06. The van der Waals surface area contributed by atoms with Crippen LogP contribution < -0.4 is 0 Å². The highest BCUT2D eigenvalue weighted by atomic mass is 16.5. The topological polar surface area (TPSA) is 62.7 Å². The van der Waals surface area contributed by atoms with E-state index < -0.39 is 0 Å². The molecule has 1 aromatic carbocycles. The van der Waals surface area contributed by atoms with E-state index in [2.05, 4.69) is 23.1 Å². The molecule has 1 heterocycles. The van der Waals surface area contributed by atoms with Gasteiger partial charge in [-0.2, -0.15) is 10.2 Å². The fraction of sp³-hybridized carbons (Fsp3) is 0.471. The van der Waals surface area contributed by atoms with Crippen LogP contribution in [0.4, 0.5) is 0 Å². The summed E-state index contributed by atoms with van der Waals surface area (Å²) < 4.78 is 5.38. The molecule has 0 aliphatic heterocycles. The smallest absolute Gasteiger partial charge is 0.231 e. The maximum Gasteiger partial charge on any atom is 0.231 e. The molecule has 2 aromatic rings. The third-order valence-corrected chi connectivity index (χ3v) is 4.41. The average molecular weight is 281 g/mol. The van der Waals surface area contributed by atoms with Crippen LogP contribution in [0.3, 0.4) is 0 Å². The van der Waals surface area contributed by atoms with Crippen molar-refractivity contribution in [3.05, 3.63) is 47.1 Å². The molecule has 1 fully saturated rings. The Morgan fingerprint density at radius 1 is 1.29 bits per heavy atom. The van der Waals surface area contributed by atoms with Gasteiger partial charge >= 0.3 is 0 Å². The summed E-state index contributed by atoms with van der Waals surface area (Å²) in [6.07, 6.45) is 5.51. The van der Waals surface area contributed by atoms with Gasteiger partial charge in [0.15, 0.2) is 5.82 Å². The zero-order valence-corrected chi connectivity index (χ0v) is 12.2. The van der Waals surface area contributed by atoms with Crippen molar-refractivity contribution < 1.29 is 4.52 Å². The zero-order valence-electron chi connectivity index (χ0n) is 12.2. The lowest BCUT2D eigenvalue weighted by Crippen LogP contribution is -1.98. The van der Waals surface area contributed by atoms with E-state index in [1.807, 2.05) is 24.3 Å². The van der Waals surface area contributed by atoms with Crippen LogP contribution in [0.25, 0.3) is 0 Å².